The van der Waals surface area contributed by atoms with Crippen molar-refractivity contribution >= 4 is 23.9 Å². The van der Waals surface area contributed by atoms with Gasteiger partial charge in [-0.2, -0.15) is 0 Å². The molecular formula is C24H28N2O4. The van der Waals surface area contributed by atoms with Crippen LogP contribution in [0.15, 0.2) is 60.7 Å². The van der Waals surface area contributed by atoms with Gasteiger partial charge in [-0.3, -0.25) is 9.59 Å². The molecular weight excluding hydrogens is 380 g/mol. The monoisotopic (exact) mass is 408 g/mol. The van der Waals surface area contributed by atoms with Crippen LogP contribution < -0.4 is 5.32 Å². The number of aliphatic carboxylic acids is 1. The van der Waals surface area contributed by atoms with Gasteiger partial charge in [0, 0.05) is 32.5 Å². The Kier molecular flexibility index (Phi) is 8.81. The molecule has 0 saturated carbocycles. The van der Waals surface area contributed by atoms with Crippen molar-refractivity contribution in [2.24, 2.45) is 0 Å². The zero-order valence-electron chi connectivity index (χ0n) is 17.4. The average molecular weight is 408 g/mol. The molecule has 6 heteroatoms. The zero-order valence-corrected chi connectivity index (χ0v) is 17.4. The summed E-state index contributed by atoms with van der Waals surface area (Å²) < 4.78 is 0. The molecule has 0 fully saturated rings. The first-order chi connectivity index (χ1) is 14.4. The highest BCUT2D eigenvalue weighted by atomic mass is 16.4. The summed E-state index contributed by atoms with van der Waals surface area (Å²) in [6.45, 7) is 0. The summed E-state index contributed by atoms with van der Waals surface area (Å²) in [5.74, 6) is -1.40. The van der Waals surface area contributed by atoms with Gasteiger partial charge < -0.3 is 15.3 Å². The van der Waals surface area contributed by atoms with Gasteiger partial charge in [0.15, 0.2) is 0 Å². The lowest BCUT2D eigenvalue weighted by Gasteiger charge is -2.15. The van der Waals surface area contributed by atoms with Gasteiger partial charge in [-0.25, -0.2) is 4.79 Å². The fourth-order valence-corrected chi connectivity index (χ4v) is 2.89. The van der Waals surface area contributed by atoms with Crippen LogP contribution in [0.3, 0.4) is 0 Å². The van der Waals surface area contributed by atoms with E-state index in [4.69, 9.17) is 0 Å². The fraction of sp³-hybridized carbons (Fsp3) is 0.292. The average Bonchev–Trinajstić information content (AvgIpc) is 2.73. The summed E-state index contributed by atoms with van der Waals surface area (Å²) in [5.41, 5.74) is 2.09. The highest BCUT2D eigenvalue weighted by Crippen LogP contribution is 2.10. The minimum Gasteiger partial charge on any atom is -0.480 e. The molecule has 0 heterocycles. The number of benzene rings is 2. The van der Waals surface area contributed by atoms with Gasteiger partial charge in [0.1, 0.15) is 6.04 Å². The molecule has 0 aromatic heterocycles. The fourth-order valence-electron chi connectivity index (χ4n) is 2.89. The molecule has 2 rings (SSSR count). The van der Waals surface area contributed by atoms with Crippen molar-refractivity contribution < 1.29 is 19.5 Å². The number of nitrogens with zero attached hydrogens (tertiary/aromatic N) is 1. The van der Waals surface area contributed by atoms with E-state index in [0.29, 0.717) is 12.0 Å². The van der Waals surface area contributed by atoms with Crippen LogP contribution in [0, 0.1) is 0 Å². The number of carbonyl (C=O) groups is 3. The van der Waals surface area contributed by atoms with Gasteiger partial charge in [-0.05, 0) is 36.1 Å². The van der Waals surface area contributed by atoms with Crippen molar-refractivity contribution in [2.75, 3.05) is 14.1 Å². The summed E-state index contributed by atoms with van der Waals surface area (Å²) in [6.07, 6.45) is 6.09. The Hall–Kier alpha value is -3.41. The highest BCUT2D eigenvalue weighted by molar-refractivity contribution is 5.97. The molecule has 2 N–H and O–H groups in total. The third-order valence-corrected chi connectivity index (χ3v) is 4.61. The van der Waals surface area contributed by atoms with E-state index in [1.165, 1.54) is 0 Å². The van der Waals surface area contributed by atoms with E-state index in [2.05, 4.69) is 5.32 Å². The van der Waals surface area contributed by atoms with Crippen LogP contribution in [-0.4, -0.2) is 47.9 Å². The van der Waals surface area contributed by atoms with Crippen LogP contribution in [0.2, 0.25) is 0 Å². The smallest absolute Gasteiger partial charge is 0.326 e. The zero-order chi connectivity index (χ0) is 21.9. The second-order valence-corrected chi connectivity index (χ2v) is 7.26. The minimum atomic E-state index is -1.07. The molecule has 0 aliphatic heterocycles. The molecule has 30 heavy (non-hydrogen) atoms. The standard InChI is InChI=1S/C24H28N2O4/c1-26(2)22(27)15-8-4-7-10-18-13-9-14-20(16-18)23(28)25-21(24(29)30)17-19-11-5-3-6-12-19/h3,5-7,9-14,16,21H,4,8,15,17H2,1-2H3,(H,25,28)(H,29,30)/t21-/m0/s1. The Bertz CT molecular complexity index is 891. The molecule has 0 radical (unpaired) electrons. The van der Waals surface area contributed by atoms with E-state index in [1.807, 2.05) is 48.6 Å². The van der Waals surface area contributed by atoms with Crippen LogP contribution in [-0.2, 0) is 16.0 Å². The first-order valence-electron chi connectivity index (χ1n) is 9.91. The molecule has 2 aromatic carbocycles. The van der Waals surface area contributed by atoms with Crippen molar-refractivity contribution in [3.63, 3.8) is 0 Å². The van der Waals surface area contributed by atoms with Crippen LogP contribution in [0.1, 0.15) is 40.7 Å². The van der Waals surface area contributed by atoms with Crippen molar-refractivity contribution in [2.45, 2.75) is 31.7 Å². The number of hydrogen-bond acceptors (Lipinski definition) is 3. The van der Waals surface area contributed by atoms with E-state index in [-0.39, 0.29) is 12.3 Å². The molecule has 0 spiro atoms. The summed E-state index contributed by atoms with van der Waals surface area (Å²) in [7, 11) is 3.48. The van der Waals surface area contributed by atoms with Crippen molar-refractivity contribution in [1.82, 2.24) is 10.2 Å². The molecule has 0 aliphatic carbocycles. The number of amides is 2. The van der Waals surface area contributed by atoms with E-state index in [0.717, 1.165) is 24.0 Å². The first kappa shape index (κ1) is 22.9. The Balaban J connectivity index is 1.95. The molecule has 2 amide bonds. The third kappa shape index (κ3) is 7.54. The van der Waals surface area contributed by atoms with Gasteiger partial charge in [0.25, 0.3) is 5.91 Å². The minimum absolute atomic E-state index is 0.102. The van der Waals surface area contributed by atoms with Crippen molar-refractivity contribution in [3.8, 4) is 0 Å². The van der Waals surface area contributed by atoms with Crippen LogP contribution in [0.5, 0.6) is 0 Å². The Morgan fingerprint density at radius 1 is 1.07 bits per heavy atom. The lowest BCUT2D eigenvalue weighted by Crippen LogP contribution is -2.42. The topological polar surface area (TPSA) is 86.7 Å². The predicted molar refractivity (Wildman–Crippen MR) is 117 cm³/mol. The quantitative estimate of drug-likeness (QED) is 0.590. The Morgan fingerprint density at radius 2 is 1.80 bits per heavy atom. The maximum Gasteiger partial charge on any atom is 0.326 e. The second kappa shape index (κ2) is 11.6. The van der Waals surface area contributed by atoms with Crippen LogP contribution >= 0.6 is 0 Å². The molecule has 0 saturated heterocycles. The molecule has 0 aliphatic rings. The van der Waals surface area contributed by atoms with Crippen molar-refractivity contribution in [1.29, 1.82) is 0 Å². The predicted octanol–water partition coefficient (Wildman–Crippen LogP) is 3.38. The lowest BCUT2D eigenvalue weighted by atomic mass is 10.0. The van der Waals surface area contributed by atoms with Gasteiger partial charge in [0.05, 0.1) is 0 Å². The summed E-state index contributed by atoms with van der Waals surface area (Å²) in [5, 5.41) is 12.1. The molecule has 158 valence electrons. The second-order valence-electron chi connectivity index (χ2n) is 7.26. The number of carbonyl (C=O) groups excluding carboxylic acids is 2. The number of nitrogens with one attached hydrogen (secondary N) is 1. The highest BCUT2D eigenvalue weighted by Gasteiger charge is 2.21. The molecule has 6 nitrogen and oxygen atoms in total. The van der Waals surface area contributed by atoms with E-state index < -0.39 is 17.9 Å². The van der Waals surface area contributed by atoms with E-state index in [9.17, 15) is 19.5 Å². The normalized spacial score (nSPS) is 11.8. The number of carboxylic acid groups (broad SMARTS) is 1. The Morgan fingerprint density at radius 3 is 2.47 bits per heavy atom. The summed E-state index contributed by atoms with van der Waals surface area (Å²) in [4.78, 5) is 37.3. The first-order valence-corrected chi connectivity index (χ1v) is 9.91. The maximum atomic E-state index is 12.6. The van der Waals surface area contributed by atoms with Gasteiger partial charge in [-0.15, -0.1) is 0 Å². The molecule has 1 atom stereocenters. The number of hydrogen-bond donors (Lipinski definition) is 2. The van der Waals surface area contributed by atoms with Crippen molar-refractivity contribution in [3.05, 3.63) is 77.4 Å². The maximum absolute atomic E-state index is 12.6. The molecule has 0 bridgehead atoms. The van der Waals surface area contributed by atoms with Gasteiger partial charge in [-0.1, -0.05) is 54.6 Å². The Labute approximate surface area is 177 Å². The summed E-state index contributed by atoms with van der Waals surface area (Å²) >= 11 is 0. The van der Waals surface area contributed by atoms with Gasteiger partial charge in [0.2, 0.25) is 5.91 Å². The number of allylic oxidation sites excluding steroid dienone is 1. The third-order valence-electron chi connectivity index (χ3n) is 4.61. The number of carboxylic acids is 1. The number of rotatable bonds is 10. The number of unbranched alkanes of at least 4 members (excludes halogenated alkanes) is 1. The molecule has 2 aromatic rings. The summed E-state index contributed by atoms with van der Waals surface area (Å²) in [6, 6.07) is 15.2. The SMILES string of the molecule is CN(C)C(=O)CCCC=Cc1cccc(C(=O)N[C@@H](Cc2ccccc2)C(=O)O)c1. The van der Waals surface area contributed by atoms with Crippen LogP contribution in [0.4, 0.5) is 0 Å². The van der Waals surface area contributed by atoms with E-state index >= 15 is 0 Å². The van der Waals surface area contributed by atoms with Gasteiger partial charge >= 0.3 is 5.97 Å². The molecule has 0 unspecified atom stereocenters. The largest absolute Gasteiger partial charge is 0.480 e. The lowest BCUT2D eigenvalue weighted by molar-refractivity contribution is -0.139. The van der Waals surface area contributed by atoms with Crippen LogP contribution in [0.25, 0.3) is 6.08 Å². The van der Waals surface area contributed by atoms with E-state index in [1.54, 1.807) is 37.2 Å².